The summed E-state index contributed by atoms with van der Waals surface area (Å²) in [7, 11) is -1.63. The lowest BCUT2D eigenvalue weighted by Crippen LogP contribution is -2.42. The summed E-state index contributed by atoms with van der Waals surface area (Å²) in [5.41, 5.74) is 8.29. The first-order valence-corrected chi connectivity index (χ1v) is 10.5. The Kier molecular flexibility index (Phi) is 4.26. The van der Waals surface area contributed by atoms with Gasteiger partial charge in [0.1, 0.15) is 5.82 Å². The quantitative estimate of drug-likeness (QED) is 0.862. The van der Waals surface area contributed by atoms with Crippen LogP contribution in [0.2, 0.25) is 18.1 Å². The van der Waals surface area contributed by atoms with E-state index < -0.39 is 8.32 Å². The second kappa shape index (κ2) is 5.49. The van der Waals surface area contributed by atoms with Gasteiger partial charge in [-0.25, -0.2) is 4.98 Å². The van der Waals surface area contributed by atoms with Crippen LogP contribution in [-0.2, 0) is 17.3 Å². The van der Waals surface area contributed by atoms with Crippen LogP contribution >= 0.6 is 0 Å². The van der Waals surface area contributed by atoms with Crippen LogP contribution in [-0.4, -0.2) is 19.9 Å². The molecule has 0 saturated heterocycles. The summed E-state index contributed by atoms with van der Waals surface area (Å²) in [6.07, 6.45) is 3.28. The van der Waals surface area contributed by atoms with E-state index in [1.807, 2.05) is 6.07 Å². The molecule has 1 aromatic heterocycles. The number of hydrogen-bond acceptors (Lipinski definition) is 3. The van der Waals surface area contributed by atoms with Crippen LogP contribution in [0.1, 0.15) is 38.4 Å². The van der Waals surface area contributed by atoms with Crippen molar-refractivity contribution in [1.82, 2.24) is 4.98 Å². The molecule has 0 saturated carbocycles. The highest BCUT2D eigenvalue weighted by Crippen LogP contribution is 2.37. The van der Waals surface area contributed by atoms with Gasteiger partial charge in [0, 0.05) is 12.3 Å². The molecule has 0 radical (unpaired) electrons. The van der Waals surface area contributed by atoms with E-state index in [1.165, 1.54) is 11.3 Å². The van der Waals surface area contributed by atoms with Gasteiger partial charge < -0.3 is 10.2 Å². The number of anilines is 1. The third-order valence-electron chi connectivity index (χ3n) is 4.87. The molecule has 2 N–H and O–H groups in total. The van der Waals surface area contributed by atoms with Crippen molar-refractivity contribution >= 4 is 14.1 Å². The number of nitrogen functional groups attached to an aromatic ring is 1. The van der Waals surface area contributed by atoms with Gasteiger partial charge in [-0.15, -0.1) is 0 Å². The van der Waals surface area contributed by atoms with Crippen LogP contribution in [0.3, 0.4) is 0 Å². The molecular formula is C16H28N2OSi. The van der Waals surface area contributed by atoms with Crippen molar-refractivity contribution in [3.63, 3.8) is 0 Å². The molecule has 0 aromatic carbocycles. The molecule has 3 nitrogen and oxygen atoms in total. The Hall–Kier alpha value is -0.873. The van der Waals surface area contributed by atoms with Crippen molar-refractivity contribution in [2.24, 2.45) is 5.92 Å². The highest BCUT2D eigenvalue weighted by molar-refractivity contribution is 6.74. The first-order valence-electron chi connectivity index (χ1n) is 7.57. The zero-order chi connectivity index (χ0) is 15.0. The number of pyridine rings is 1. The zero-order valence-electron chi connectivity index (χ0n) is 13.5. The highest BCUT2D eigenvalue weighted by atomic mass is 28.4. The molecular weight excluding hydrogens is 264 g/mol. The Balaban J connectivity index is 1.96. The fourth-order valence-corrected chi connectivity index (χ4v) is 3.47. The van der Waals surface area contributed by atoms with Gasteiger partial charge in [0.05, 0.1) is 0 Å². The molecule has 1 unspecified atom stereocenters. The fourth-order valence-electron chi connectivity index (χ4n) is 2.39. The molecule has 0 bridgehead atoms. The van der Waals surface area contributed by atoms with E-state index >= 15 is 0 Å². The second-order valence-electron chi connectivity index (χ2n) is 7.52. The van der Waals surface area contributed by atoms with Crippen LogP contribution in [0, 0.1) is 5.92 Å². The fraction of sp³-hybridized carbons (Fsp3) is 0.688. The van der Waals surface area contributed by atoms with Crippen LogP contribution in [0.5, 0.6) is 0 Å². The average molecular weight is 292 g/mol. The maximum absolute atomic E-state index is 6.37. The number of aryl methyl sites for hydroxylation is 1. The van der Waals surface area contributed by atoms with Gasteiger partial charge >= 0.3 is 0 Å². The van der Waals surface area contributed by atoms with E-state index in [0.29, 0.717) is 11.7 Å². The summed E-state index contributed by atoms with van der Waals surface area (Å²) in [5.74, 6) is 1.27. The molecule has 0 spiro atoms. The number of aromatic nitrogens is 1. The Morgan fingerprint density at radius 2 is 2.05 bits per heavy atom. The largest absolute Gasteiger partial charge is 0.417 e. The predicted molar refractivity (Wildman–Crippen MR) is 87.3 cm³/mol. The first kappa shape index (κ1) is 15.5. The van der Waals surface area contributed by atoms with Gasteiger partial charge in [0.15, 0.2) is 8.32 Å². The lowest BCUT2D eigenvalue weighted by Gasteiger charge is -2.38. The summed E-state index contributed by atoms with van der Waals surface area (Å²) in [4.78, 5) is 4.44. The number of rotatable bonds is 3. The van der Waals surface area contributed by atoms with Crippen LogP contribution in [0.25, 0.3) is 0 Å². The third kappa shape index (κ3) is 3.41. The van der Waals surface area contributed by atoms with Crippen molar-refractivity contribution < 1.29 is 4.43 Å². The van der Waals surface area contributed by atoms with Crippen molar-refractivity contribution in [3.05, 3.63) is 23.4 Å². The van der Waals surface area contributed by atoms with Crippen molar-refractivity contribution in [3.8, 4) is 0 Å². The summed E-state index contributed by atoms with van der Waals surface area (Å²) >= 11 is 0. The van der Waals surface area contributed by atoms with Gasteiger partial charge in [0.2, 0.25) is 0 Å². The SMILES string of the molecule is CC(C)(C)[Si](C)(C)OCC1CCc2nc(N)ccc2C1. The monoisotopic (exact) mass is 292 g/mol. The minimum Gasteiger partial charge on any atom is -0.417 e. The lowest BCUT2D eigenvalue weighted by atomic mass is 9.87. The molecule has 0 aliphatic heterocycles. The molecule has 1 atom stereocenters. The lowest BCUT2D eigenvalue weighted by molar-refractivity contribution is 0.214. The number of fused-ring (bicyclic) bond motifs is 1. The van der Waals surface area contributed by atoms with Gasteiger partial charge in [-0.1, -0.05) is 26.8 Å². The summed E-state index contributed by atoms with van der Waals surface area (Å²) in [6, 6.07) is 4.05. The molecule has 1 aliphatic carbocycles. The van der Waals surface area contributed by atoms with Gasteiger partial charge in [0.25, 0.3) is 0 Å². The van der Waals surface area contributed by atoms with E-state index in [4.69, 9.17) is 10.2 Å². The van der Waals surface area contributed by atoms with E-state index in [1.54, 1.807) is 0 Å². The van der Waals surface area contributed by atoms with Crippen molar-refractivity contribution in [2.45, 2.75) is 58.2 Å². The minimum atomic E-state index is -1.63. The highest BCUT2D eigenvalue weighted by Gasteiger charge is 2.37. The molecule has 0 fully saturated rings. The number of hydrogen-bond donors (Lipinski definition) is 1. The van der Waals surface area contributed by atoms with Gasteiger partial charge in [-0.3, -0.25) is 0 Å². The molecule has 20 heavy (non-hydrogen) atoms. The Bertz CT molecular complexity index is 480. The standard InChI is InChI=1S/C16H28N2OSi/c1-16(2,3)20(4,5)19-11-12-6-8-14-13(10-12)7-9-15(17)18-14/h7,9,12H,6,8,10-11H2,1-5H3,(H2,17,18). The van der Waals surface area contributed by atoms with E-state index in [9.17, 15) is 0 Å². The Morgan fingerprint density at radius 1 is 1.35 bits per heavy atom. The minimum absolute atomic E-state index is 0.287. The van der Waals surface area contributed by atoms with Gasteiger partial charge in [-0.2, -0.15) is 0 Å². The molecule has 1 heterocycles. The van der Waals surface area contributed by atoms with Crippen LogP contribution < -0.4 is 5.73 Å². The molecule has 1 aliphatic rings. The van der Waals surface area contributed by atoms with E-state index in [2.05, 4.69) is 44.9 Å². The predicted octanol–water partition coefficient (Wildman–Crippen LogP) is 3.79. The molecule has 2 rings (SSSR count). The summed E-state index contributed by atoms with van der Waals surface area (Å²) in [5, 5.41) is 0.287. The average Bonchev–Trinajstić information content (AvgIpc) is 2.35. The Morgan fingerprint density at radius 3 is 2.70 bits per heavy atom. The van der Waals surface area contributed by atoms with Crippen molar-refractivity contribution in [2.75, 3.05) is 12.3 Å². The maximum atomic E-state index is 6.37. The second-order valence-corrected chi connectivity index (χ2v) is 12.3. The smallest absolute Gasteiger partial charge is 0.191 e. The van der Waals surface area contributed by atoms with Crippen molar-refractivity contribution in [1.29, 1.82) is 0 Å². The summed E-state index contributed by atoms with van der Waals surface area (Å²) < 4.78 is 6.37. The number of nitrogens with two attached hydrogens (primary N) is 1. The molecule has 0 amide bonds. The molecule has 1 aromatic rings. The normalized spacial score (nSPS) is 19.8. The molecule has 4 heteroatoms. The topological polar surface area (TPSA) is 48.1 Å². The third-order valence-corrected chi connectivity index (χ3v) is 9.37. The first-order chi connectivity index (χ1) is 9.19. The van der Waals surface area contributed by atoms with Gasteiger partial charge in [-0.05, 0) is 54.9 Å². The van der Waals surface area contributed by atoms with E-state index in [-0.39, 0.29) is 5.04 Å². The molecule has 112 valence electrons. The summed E-state index contributed by atoms with van der Waals surface area (Å²) in [6.45, 7) is 12.4. The van der Waals surface area contributed by atoms with Crippen LogP contribution in [0.15, 0.2) is 12.1 Å². The van der Waals surface area contributed by atoms with E-state index in [0.717, 1.165) is 25.9 Å². The Labute approximate surface area is 124 Å². The maximum Gasteiger partial charge on any atom is 0.191 e. The number of nitrogens with zero attached hydrogens (tertiary/aromatic N) is 1. The zero-order valence-corrected chi connectivity index (χ0v) is 14.5. The van der Waals surface area contributed by atoms with Crippen LogP contribution in [0.4, 0.5) is 5.82 Å².